The molecule has 1 saturated heterocycles. The van der Waals surface area contributed by atoms with Crippen molar-refractivity contribution in [3.63, 3.8) is 0 Å². The van der Waals surface area contributed by atoms with Crippen LogP contribution in [0.3, 0.4) is 0 Å². The highest BCUT2D eigenvalue weighted by molar-refractivity contribution is 7.98. The predicted molar refractivity (Wildman–Crippen MR) is 113 cm³/mol. The molecule has 1 heterocycles. The van der Waals surface area contributed by atoms with E-state index >= 15 is 0 Å². The maximum atomic E-state index is 9.62. The van der Waals surface area contributed by atoms with Crippen molar-refractivity contribution in [3.05, 3.63) is 29.8 Å². The highest BCUT2D eigenvalue weighted by atomic mass is 32.2. The van der Waals surface area contributed by atoms with Crippen LogP contribution in [-0.4, -0.2) is 28.6 Å². The van der Waals surface area contributed by atoms with Crippen LogP contribution in [0.4, 0.5) is 0 Å². The Kier molecular flexibility index (Phi) is 5.23. The number of nitrogens with one attached hydrogen (secondary N) is 1. The van der Waals surface area contributed by atoms with E-state index in [2.05, 4.69) is 83.5 Å². The summed E-state index contributed by atoms with van der Waals surface area (Å²) in [6, 6.07) is 11.0. The van der Waals surface area contributed by atoms with Crippen molar-refractivity contribution in [1.29, 1.82) is 5.26 Å². The molecule has 0 amide bonds. The van der Waals surface area contributed by atoms with Gasteiger partial charge < -0.3 is 9.31 Å². The highest BCUT2D eigenvalue weighted by Gasteiger charge is 2.52. The fraction of sp³-hybridized carbons (Fsp3) is 0.667. The van der Waals surface area contributed by atoms with Gasteiger partial charge in [0.05, 0.1) is 17.3 Å². The van der Waals surface area contributed by atoms with Crippen molar-refractivity contribution in [2.45, 2.75) is 88.7 Å². The number of hydrogen-bond acceptors (Lipinski definition) is 5. The first-order valence-electron chi connectivity index (χ1n) is 9.68. The quantitative estimate of drug-likeness (QED) is 0.622. The second-order valence-electron chi connectivity index (χ2n) is 9.87. The average Bonchev–Trinajstić information content (AvgIpc) is 2.74. The zero-order valence-electron chi connectivity index (χ0n) is 17.6. The molecular formula is C21H31BN2O2S. The molecule has 0 bridgehead atoms. The summed E-state index contributed by atoms with van der Waals surface area (Å²) in [5, 5.41) is 9.62. The van der Waals surface area contributed by atoms with Crippen molar-refractivity contribution in [1.82, 2.24) is 4.72 Å². The van der Waals surface area contributed by atoms with Crippen LogP contribution in [0.1, 0.15) is 72.8 Å². The van der Waals surface area contributed by atoms with Crippen LogP contribution >= 0.6 is 11.9 Å². The zero-order chi connectivity index (χ0) is 20.1. The minimum absolute atomic E-state index is 0.0966. The standard InChI is InChI=1S/C21H31BN2O2S/c1-18(2,3)27-24-21(14-23)12-16(13-21)15-8-10-17(11-9-15)22-25-19(4,5)20(6,7)26-22/h8-11,16,24H,12-13H2,1-7H3. The van der Waals surface area contributed by atoms with E-state index in [1.807, 2.05) is 0 Å². The van der Waals surface area contributed by atoms with E-state index < -0.39 is 5.54 Å². The Morgan fingerprint density at radius 1 is 1.07 bits per heavy atom. The van der Waals surface area contributed by atoms with Gasteiger partial charge in [-0.2, -0.15) is 5.26 Å². The Morgan fingerprint density at radius 2 is 1.59 bits per heavy atom. The molecule has 1 aromatic rings. The van der Waals surface area contributed by atoms with Crippen LogP contribution in [0.25, 0.3) is 0 Å². The van der Waals surface area contributed by atoms with Crippen molar-refractivity contribution in [3.8, 4) is 6.07 Å². The lowest BCUT2D eigenvalue weighted by molar-refractivity contribution is 0.00578. The van der Waals surface area contributed by atoms with Gasteiger partial charge in [0.2, 0.25) is 0 Å². The lowest BCUT2D eigenvalue weighted by atomic mass is 9.66. The van der Waals surface area contributed by atoms with Crippen LogP contribution in [0, 0.1) is 11.3 Å². The Hall–Kier alpha value is -0.995. The van der Waals surface area contributed by atoms with E-state index in [0.717, 1.165) is 18.3 Å². The van der Waals surface area contributed by atoms with Crippen molar-refractivity contribution >= 4 is 24.5 Å². The first-order chi connectivity index (χ1) is 12.4. The molecule has 0 radical (unpaired) electrons. The minimum atomic E-state index is -0.410. The molecule has 146 valence electrons. The molecular weight excluding hydrogens is 355 g/mol. The SMILES string of the molecule is CC(C)(C)SNC1(C#N)CC(c2ccc(B3OC(C)(C)C(C)(C)O3)cc2)C1. The van der Waals surface area contributed by atoms with Crippen LogP contribution in [0.2, 0.25) is 0 Å². The minimum Gasteiger partial charge on any atom is -0.399 e. The Bertz CT molecular complexity index is 712. The molecule has 2 fully saturated rings. The molecule has 1 N–H and O–H groups in total. The van der Waals surface area contributed by atoms with Gasteiger partial charge in [-0.05, 0) is 78.3 Å². The summed E-state index contributed by atoms with van der Waals surface area (Å²) >= 11 is 1.65. The van der Waals surface area contributed by atoms with Gasteiger partial charge in [-0.25, -0.2) is 4.72 Å². The largest absolute Gasteiger partial charge is 0.494 e. The molecule has 1 aliphatic carbocycles. The fourth-order valence-corrected chi connectivity index (χ4v) is 4.08. The molecule has 1 aromatic carbocycles. The summed E-state index contributed by atoms with van der Waals surface area (Å²) in [5.74, 6) is 0.421. The molecule has 0 unspecified atom stereocenters. The topological polar surface area (TPSA) is 54.3 Å². The zero-order valence-corrected chi connectivity index (χ0v) is 18.4. The third kappa shape index (κ3) is 4.22. The Balaban J connectivity index is 1.62. The van der Waals surface area contributed by atoms with Crippen molar-refractivity contribution < 1.29 is 9.31 Å². The number of benzene rings is 1. The molecule has 4 nitrogen and oxygen atoms in total. The van der Waals surface area contributed by atoms with Crippen LogP contribution in [0.5, 0.6) is 0 Å². The predicted octanol–water partition coefficient (Wildman–Crippen LogP) is 4.16. The Labute approximate surface area is 168 Å². The van der Waals surface area contributed by atoms with Gasteiger partial charge in [0, 0.05) is 4.75 Å². The molecule has 1 saturated carbocycles. The van der Waals surface area contributed by atoms with Gasteiger partial charge >= 0.3 is 7.12 Å². The molecule has 0 aromatic heterocycles. The van der Waals surface area contributed by atoms with Gasteiger partial charge in [0.15, 0.2) is 0 Å². The lowest BCUT2D eigenvalue weighted by Gasteiger charge is -2.44. The maximum absolute atomic E-state index is 9.62. The van der Waals surface area contributed by atoms with Gasteiger partial charge in [0.25, 0.3) is 0 Å². The molecule has 6 heteroatoms. The summed E-state index contributed by atoms with van der Waals surface area (Å²) < 4.78 is 15.8. The summed E-state index contributed by atoms with van der Waals surface area (Å²) in [7, 11) is -0.325. The van der Waals surface area contributed by atoms with E-state index in [4.69, 9.17) is 9.31 Å². The van der Waals surface area contributed by atoms with Crippen molar-refractivity contribution in [2.24, 2.45) is 0 Å². The number of rotatable bonds is 4. The van der Waals surface area contributed by atoms with E-state index in [1.54, 1.807) is 11.9 Å². The van der Waals surface area contributed by atoms with E-state index in [-0.39, 0.29) is 23.1 Å². The summed E-state index contributed by atoms with van der Waals surface area (Å²) in [4.78, 5) is 0. The molecule has 1 aliphatic heterocycles. The van der Waals surface area contributed by atoms with Gasteiger partial charge in [-0.1, -0.05) is 36.2 Å². The van der Waals surface area contributed by atoms with Gasteiger partial charge in [-0.15, -0.1) is 0 Å². The van der Waals surface area contributed by atoms with Gasteiger partial charge in [-0.3, -0.25) is 0 Å². The highest BCUT2D eigenvalue weighted by Crippen LogP contribution is 2.46. The first kappa shape index (κ1) is 20.7. The summed E-state index contributed by atoms with van der Waals surface area (Å²) in [5.41, 5.74) is 1.26. The summed E-state index contributed by atoms with van der Waals surface area (Å²) in [6.07, 6.45) is 1.70. The average molecular weight is 386 g/mol. The van der Waals surface area contributed by atoms with E-state index in [1.165, 1.54) is 5.56 Å². The number of nitrogens with zero attached hydrogens (tertiary/aromatic N) is 1. The summed E-state index contributed by atoms with van der Waals surface area (Å²) in [6.45, 7) is 14.7. The molecule has 2 aliphatic rings. The van der Waals surface area contributed by atoms with Crippen LogP contribution < -0.4 is 10.2 Å². The second-order valence-corrected chi connectivity index (χ2v) is 11.5. The normalized spacial score (nSPS) is 29.3. The molecule has 0 atom stereocenters. The third-order valence-electron chi connectivity index (χ3n) is 5.89. The first-order valence-corrected chi connectivity index (χ1v) is 10.5. The Morgan fingerprint density at radius 3 is 2.04 bits per heavy atom. The molecule has 27 heavy (non-hydrogen) atoms. The molecule has 0 spiro atoms. The monoisotopic (exact) mass is 386 g/mol. The molecule has 3 rings (SSSR count). The second kappa shape index (κ2) is 6.81. The van der Waals surface area contributed by atoms with Crippen LogP contribution in [0.15, 0.2) is 24.3 Å². The lowest BCUT2D eigenvalue weighted by Crippen LogP contribution is -2.51. The van der Waals surface area contributed by atoms with E-state index in [9.17, 15) is 5.26 Å². The third-order valence-corrected chi connectivity index (χ3v) is 6.99. The van der Waals surface area contributed by atoms with E-state index in [0.29, 0.717) is 5.92 Å². The fourth-order valence-electron chi connectivity index (χ4n) is 3.37. The number of nitriles is 1. The van der Waals surface area contributed by atoms with Crippen LogP contribution in [-0.2, 0) is 9.31 Å². The number of hydrogen-bond donors (Lipinski definition) is 1. The maximum Gasteiger partial charge on any atom is 0.494 e. The van der Waals surface area contributed by atoms with Crippen molar-refractivity contribution in [2.75, 3.05) is 0 Å². The smallest absolute Gasteiger partial charge is 0.399 e. The van der Waals surface area contributed by atoms with Gasteiger partial charge in [0.1, 0.15) is 5.54 Å².